The number of rotatable bonds is 5. The first-order chi connectivity index (χ1) is 14.0. The fourth-order valence-electron chi connectivity index (χ4n) is 3.63. The molecular weight excluding hydrogens is 422 g/mol. The molecule has 0 saturated carbocycles. The minimum atomic E-state index is -3.22. The van der Waals surface area contributed by atoms with Crippen molar-refractivity contribution in [3.63, 3.8) is 0 Å². The number of aromatic nitrogens is 2. The van der Waals surface area contributed by atoms with Gasteiger partial charge in [0.2, 0.25) is 10.0 Å². The molecule has 5 rings (SSSR count). The van der Waals surface area contributed by atoms with E-state index < -0.39 is 10.0 Å². The number of sulfonamides is 1. The van der Waals surface area contributed by atoms with Crippen LogP contribution in [0.5, 0.6) is 0 Å². The van der Waals surface area contributed by atoms with Crippen molar-refractivity contribution in [1.29, 1.82) is 0 Å². The second kappa shape index (κ2) is 7.19. The third-order valence-electron chi connectivity index (χ3n) is 5.12. The molecule has 0 amide bonds. The summed E-state index contributed by atoms with van der Waals surface area (Å²) in [4.78, 5) is 9.51. The van der Waals surface area contributed by atoms with E-state index in [4.69, 9.17) is 9.97 Å². The van der Waals surface area contributed by atoms with E-state index in [1.165, 1.54) is 9.01 Å². The van der Waals surface area contributed by atoms with Gasteiger partial charge in [-0.1, -0.05) is 18.2 Å². The first-order valence-corrected chi connectivity index (χ1v) is 12.8. The summed E-state index contributed by atoms with van der Waals surface area (Å²) in [5, 5.41) is 4.18. The van der Waals surface area contributed by atoms with Crippen LogP contribution in [0.3, 0.4) is 0 Å². The average Bonchev–Trinajstić information content (AvgIpc) is 3.45. The quantitative estimate of drug-likeness (QED) is 0.449. The van der Waals surface area contributed by atoms with Crippen molar-refractivity contribution in [2.45, 2.75) is 19.8 Å². The highest BCUT2D eigenvalue weighted by Crippen LogP contribution is 2.35. The topological polar surface area (TPSA) is 63.2 Å². The van der Waals surface area contributed by atoms with E-state index in [-0.39, 0.29) is 5.75 Å². The van der Waals surface area contributed by atoms with Crippen molar-refractivity contribution >= 4 is 48.6 Å². The van der Waals surface area contributed by atoms with Crippen LogP contribution in [-0.2, 0) is 22.9 Å². The molecule has 4 aromatic rings. The zero-order valence-corrected chi connectivity index (χ0v) is 18.3. The molecule has 0 radical (unpaired) electrons. The largest absolute Gasteiger partial charge is 0.270 e. The minimum absolute atomic E-state index is 0.120. The first kappa shape index (κ1) is 18.7. The molecule has 0 bridgehead atoms. The highest BCUT2D eigenvalue weighted by atomic mass is 32.2. The van der Waals surface area contributed by atoms with E-state index in [0.717, 1.165) is 50.9 Å². The van der Waals surface area contributed by atoms with Gasteiger partial charge in [-0.05, 0) is 43.2 Å². The molecule has 0 saturated heterocycles. The smallest absolute Gasteiger partial charge is 0.234 e. The first-order valence-electron chi connectivity index (χ1n) is 9.46. The maximum atomic E-state index is 12.3. The standard InChI is InChI=1S/C21H19N3O2S3/c1-2-29(25,26)24-10-9-15-11-14(7-8-18(15)24)17-13-27-20(23-17)12-21-22-16-5-3-4-6-19(16)28-21/h3-8,11,13H,2,9-10,12H2,1H3. The van der Waals surface area contributed by atoms with Gasteiger partial charge in [-0.25, -0.2) is 18.4 Å². The van der Waals surface area contributed by atoms with Crippen molar-refractivity contribution in [2.24, 2.45) is 0 Å². The zero-order chi connectivity index (χ0) is 20.0. The van der Waals surface area contributed by atoms with Crippen LogP contribution in [-0.4, -0.2) is 30.7 Å². The van der Waals surface area contributed by atoms with Gasteiger partial charge in [0.15, 0.2) is 0 Å². The van der Waals surface area contributed by atoms with Crippen molar-refractivity contribution in [1.82, 2.24) is 9.97 Å². The molecule has 1 aliphatic rings. The molecule has 1 aliphatic heterocycles. The van der Waals surface area contributed by atoms with Crippen molar-refractivity contribution in [3.05, 3.63) is 63.4 Å². The fourth-order valence-corrected chi connectivity index (χ4v) is 6.65. The minimum Gasteiger partial charge on any atom is -0.270 e. The molecule has 2 aromatic heterocycles. The Morgan fingerprint density at radius 2 is 1.97 bits per heavy atom. The lowest BCUT2D eigenvalue weighted by Gasteiger charge is -2.18. The van der Waals surface area contributed by atoms with Gasteiger partial charge in [-0.15, -0.1) is 22.7 Å². The summed E-state index contributed by atoms with van der Waals surface area (Å²) >= 11 is 3.35. The molecule has 3 heterocycles. The number of hydrogen-bond donors (Lipinski definition) is 0. The Kier molecular flexibility index (Phi) is 4.64. The molecule has 5 nitrogen and oxygen atoms in total. The Hall–Kier alpha value is -2.29. The van der Waals surface area contributed by atoms with Crippen LogP contribution >= 0.6 is 22.7 Å². The molecule has 0 unspecified atom stereocenters. The van der Waals surface area contributed by atoms with Crippen LogP contribution in [0.2, 0.25) is 0 Å². The van der Waals surface area contributed by atoms with Gasteiger partial charge in [0.1, 0.15) is 10.0 Å². The Labute approximate surface area is 177 Å². The van der Waals surface area contributed by atoms with E-state index >= 15 is 0 Å². The lowest BCUT2D eigenvalue weighted by atomic mass is 10.1. The van der Waals surface area contributed by atoms with Gasteiger partial charge < -0.3 is 0 Å². The van der Waals surface area contributed by atoms with E-state index in [9.17, 15) is 8.42 Å². The molecule has 0 aliphatic carbocycles. The van der Waals surface area contributed by atoms with E-state index in [2.05, 4.69) is 17.5 Å². The van der Waals surface area contributed by atoms with Crippen LogP contribution in [0.25, 0.3) is 21.5 Å². The number of fused-ring (bicyclic) bond motifs is 2. The van der Waals surface area contributed by atoms with Crippen LogP contribution in [0.1, 0.15) is 22.5 Å². The van der Waals surface area contributed by atoms with Crippen molar-refractivity contribution < 1.29 is 8.42 Å². The van der Waals surface area contributed by atoms with Gasteiger partial charge in [0.05, 0.1) is 33.8 Å². The summed E-state index contributed by atoms with van der Waals surface area (Å²) in [6, 6.07) is 14.1. The number of anilines is 1. The van der Waals surface area contributed by atoms with E-state index in [0.29, 0.717) is 6.54 Å². The summed E-state index contributed by atoms with van der Waals surface area (Å²) in [7, 11) is -3.22. The van der Waals surface area contributed by atoms with Crippen LogP contribution in [0.15, 0.2) is 47.8 Å². The SMILES string of the molecule is CCS(=O)(=O)N1CCc2cc(-c3csc(Cc4nc5ccccc5s4)n3)ccc21. The maximum Gasteiger partial charge on any atom is 0.234 e. The monoisotopic (exact) mass is 441 g/mol. The molecule has 0 atom stereocenters. The summed E-state index contributed by atoms with van der Waals surface area (Å²) < 4.78 is 27.3. The summed E-state index contributed by atoms with van der Waals surface area (Å²) in [6.45, 7) is 2.21. The average molecular weight is 442 g/mol. The normalized spacial score (nSPS) is 13.9. The molecule has 0 N–H and O–H groups in total. The second-order valence-electron chi connectivity index (χ2n) is 6.94. The Morgan fingerprint density at radius 3 is 2.79 bits per heavy atom. The number of para-hydroxylation sites is 1. The summed E-state index contributed by atoms with van der Waals surface area (Å²) in [5.41, 5.74) is 4.88. The van der Waals surface area contributed by atoms with Crippen molar-refractivity contribution in [3.8, 4) is 11.3 Å². The lowest BCUT2D eigenvalue weighted by molar-refractivity contribution is 0.593. The summed E-state index contributed by atoms with van der Waals surface area (Å²) in [6.07, 6.45) is 1.47. The maximum absolute atomic E-state index is 12.3. The van der Waals surface area contributed by atoms with Gasteiger partial charge in [-0.3, -0.25) is 4.31 Å². The number of nitrogens with zero attached hydrogens (tertiary/aromatic N) is 3. The van der Waals surface area contributed by atoms with Gasteiger partial charge in [0, 0.05) is 17.5 Å². The van der Waals surface area contributed by atoms with E-state index in [1.54, 1.807) is 29.6 Å². The Bertz CT molecular complexity index is 1270. The Morgan fingerprint density at radius 1 is 1.10 bits per heavy atom. The van der Waals surface area contributed by atoms with E-state index in [1.807, 2.05) is 30.3 Å². The molecule has 2 aromatic carbocycles. The number of thiazole rings is 2. The number of benzene rings is 2. The van der Waals surface area contributed by atoms with Crippen molar-refractivity contribution in [2.75, 3.05) is 16.6 Å². The highest BCUT2D eigenvalue weighted by Gasteiger charge is 2.28. The third kappa shape index (κ3) is 3.45. The molecule has 29 heavy (non-hydrogen) atoms. The molecule has 0 fully saturated rings. The predicted molar refractivity (Wildman–Crippen MR) is 120 cm³/mol. The molecular formula is C21H19N3O2S3. The molecule has 0 spiro atoms. The van der Waals surface area contributed by atoms with Crippen LogP contribution in [0.4, 0.5) is 5.69 Å². The van der Waals surface area contributed by atoms with Gasteiger partial charge in [-0.2, -0.15) is 0 Å². The van der Waals surface area contributed by atoms with Crippen LogP contribution in [0, 0.1) is 0 Å². The third-order valence-corrected chi connectivity index (χ3v) is 8.79. The van der Waals surface area contributed by atoms with Gasteiger partial charge >= 0.3 is 0 Å². The second-order valence-corrected chi connectivity index (χ2v) is 11.2. The fraction of sp³-hybridized carbons (Fsp3) is 0.238. The molecule has 148 valence electrons. The zero-order valence-electron chi connectivity index (χ0n) is 15.8. The van der Waals surface area contributed by atoms with Gasteiger partial charge in [0.25, 0.3) is 0 Å². The number of hydrogen-bond acceptors (Lipinski definition) is 6. The van der Waals surface area contributed by atoms with Crippen LogP contribution < -0.4 is 4.31 Å². The lowest BCUT2D eigenvalue weighted by Crippen LogP contribution is -2.30. The highest BCUT2D eigenvalue weighted by molar-refractivity contribution is 7.92. The summed E-state index contributed by atoms with van der Waals surface area (Å²) in [5.74, 6) is 0.120. The predicted octanol–water partition coefficient (Wildman–Crippen LogP) is 4.72. The Balaban J connectivity index is 1.39. The molecule has 8 heteroatoms.